The molecule has 0 bridgehead atoms. The molecule has 1 aliphatic rings. The molecule has 5 nitrogen and oxygen atoms in total. The average molecular weight is 402 g/mol. The van der Waals surface area contributed by atoms with Crippen molar-refractivity contribution in [3.63, 3.8) is 0 Å². The fourth-order valence-corrected chi connectivity index (χ4v) is 3.85. The summed E-state index contributed by atoms with van der Waals surface area (Å²) in [5, 5.41) is 0. The van der Waals surface area contributed by atoms with Crippen molar-refractivity contribution in [2.75, 3.05) is 19.6 Å². The first-order chi connectivity index (χ1) is 13.8. The Morgan fingerprint density at radius 3 is 2.66 bits per heavy atom. The number of fused-ring (bicyclic) bond motifs is 1. The van der Waals surface area contributed by atoms with Gasteiger partial charge in [0.2, 0.25) is 0 Å². The minimum atomic E-state index is -4.30. The van der Waals surface area contributed by atoms with E-state index in [1.165, 1.54) is 0 Å². The van der Waals surface area contributed by atoms with Crippen molar-refractivity contribution >= 4 is 16.9 Å². The van der Waals surface area contributed by atoms with Gasteiger partial charge in [0.25, 0.3) is 5.91 Å². The van der Waals surface area contributed by atoms with E-state index in [4.69, 9.17) is 5.73 Å². The normalized spacial score (nSPS) is 17.8. The highest BCUT2D eigenvalue weighted by Gasteiger charge is 2.30. The summed E-state index contributed by atoms with van der Waals surface area (Å²) >= 11 is 0. The predicted molar refractivity (Wildman–Crippen MR) is 104 cm³/mol. The van der Waals surface area contributed by atoms with Crippen LogP contribution in [0.5, 0.6) is 0 Å². The van der Waals surface area contributed by atoms with Crippen molar-refractivity contribution in [1.82, 2.24) is 14.9 Å². The molecule has 3 aromatic rings. The summed E-state index contributed by atoms with van der Waals surface area (Å²) in [4.78, 5) is 21.8. The van der Waals surface area contributed by atoms with Gasteiger partial charge in [0.05, 0.1) is 16.6 Å². The number of para-hydroxylation sites is 1. The molecule has 1 atom stereocenters. The van der Waals surface area contributed by atoms with E-state index in [2.05, 4.69) is 14.9 Å². The highest BCUT2D eigenvalue weighted by Crippen LogP contribution is 2.30. The Morgan fingerprint density at radius 1 is 1.21 bits per heavy atom. The second-order valence-corrected chi connectivity index (χ2v) is 7.42. The second kappa shape index (κ2) is 7.51. The van der Waals surface area contributed by atoms with Gasteiger partial charge >= 0.3 is 6.18 Å². The molecule has 1 saturated heterocycles. The lowest BCUT2D eigenvalue weighted by molar-refractivity contribution is -0.137. The SMILES string of the molecule is NC(=O)c1cccc2[nH]c(C3CCN(CCc4ccc(C(F)(F)F)cc4)C3)nc12. The van der Waals surface area contributed by atoms with Gasteiger partial charge in [0.15, 0.2) is 0 Å². The first kappa shape index (κ1) is 19.4. The van der Waals surface area contributed by atoms with Gasteiger partial charge in [-0.05, 0) is 49.2 Å². The zero-order chi connectivity index (χ0) is 20.6. The number of H-pyrrole nitrogens is 1. The standard InChI is InChI=1S/C21H21F3N4O/c22-21(23,24)15-6-4-13(5-7-15)8-10-28-11-9-14(12-28)20-26-17-3-1-2-16(19(25)29)18(17)27-20/h1-7,14H,8-12H2,(H2,25,29)(H,26,27). The number of primary amides is 1. The van der Waals surface area contributed by atoms with Gasteiger partial charge in [-0.1, -0.05) is 18.2 Å². The monoisotopic (exact) mass is 402 g/mol. The Balaban J connectivity index is 1.39. The number of aromatic nitrogens is 2. The first-order valence-corrected chi connectivity index (χ1v) is 9.48. The van der Waals surface area contributed by atoms with Gasteiger partial charge in [-0.3, -0.25) is 4.79 Å². The van der Waals surface area contributed by atoms with Crippen LogP contribution in [-0.4, -0.2) is 40.4 Å². The van der Waals surface area contributed by atoms with Crippen LogP contribution >= 0.6 is 0 Å². The smallest absolute Gasteiger partial charge is 0.366 e. The van der Waals surface area contributed by atoms with Gasteiger partial charge in [0, 0.05) is 19.0 Å². The highest BCUT2D eigenvalue weighted by atomic mass is 19.4. The fraction of sp³-hybridized carbons (Fsp3) is 0.333. The van der Waals surface area contributed by atoms with Crippen LogP contribution in [0.1, 0.15) is 39.6 Å². The fourth-order valence-electron chi connectivity index (χ4n) is 3.85. The Kier molecular flexibility index (Phi) is 5.04. The van der Waals surface area contributed by atoms with Gasteiger partial charge in [-0.2, -0.15) is 13.2 Å². The van der Waals surface area contributed by atoms with Crippen molar-refractivity contribution in [2.45, 2.75) is 24.9 Å². The lowest BCUT2D eigenvalue weighted by Gasteiger charge is -2.15. The van der Waals surface area contributed by atoms with Crippen LogP contribution in [0.15, 0.2) is 42.5 Å². The van der Waals surface area contributed by atoms with E-state index in [9.17, 15) is 18.0 Å². The van der Waals surface area contributed by atoms with Crippen LogP contribution in [0.4, 0.5) is 13.2 Å². The third-order valence-electron chi connectivity index (χ3n) is 5.45. The maximum Gasteiger partial charge on any atom is 0.416 e. The summed E-state index contributed by atoms with van der Waals surface area (Å²) in [6.07, 6.45) is -2.68. The van der Waals surface area contributed by atoms with Gasteiger partial charge in [-0.15, -0.1) is 0 Å². The number of alkyl halides is 3. The minimum absolute atomic E-state index is 0.218. The van der Waals surface area contributed by atoms with Crippen LogP contribution in [-0.2, 0) is 12.6 Å². The minimum Gasteiger partial charge on any atom is -0.366 e. The molecule has 1 aliphatic heterocycles. The molecule has 3 N–H and O–H groups in total. The van der Waals surface area contributed by atoms with Crippen LogP contribution in [0.25, 0.3) is 11.0 Å². The van der Waals surface area contributed by atoms with Crippen molar-refractivity contribution in [3.8, 4) is 0 Å². The molecule has 1 unspecified atom stereocenters. The van der Waals surface area contributed by atoms with Crippen LogP contribution in [0, 0.1) is 0 Å². The summed E-state index contributed by atoms with van der Waals surface area (Å²) < 4.78 is 38.0. The topological polar surface area (TPSA) is 75.0 Å². The number of nitrogens with two attached hydrogens (primary N) is 1. The molecule has 1 amide bonds. The first-order valence-electron chi connectivity index (χ1n) is 9.48. The molecule has 0 saturated carbocycles. The van der Waals surface area contributed by atoms with Crippen LogP contribution in [0.2, 0.25) is 0 Å². The van der Waals surface area contributed by atoms with Gasteiger partial charge in [0.1, 0.15) is 11.3 Å². The number of aromatic amines is 1. The second-order valence-electron chi connectivity index (χ2n) is 7.42. The van der Waals surface area contributed by atoms with E-state index in [1.54, 1.807) is 24.3 Å². The largest absolute Gasteiger partial charge is 0.416 e. The van der Waals surface area contributed by atoms with E-state index in [-0.39, 0.29) is 5.92 Å². The highest BCUT2D eigenvalue weighted by molar-refractivity contribution is 6.04. The molecular weight excluding hydrogens is 381 g/mol. The third kappa shape index (κ3) is 4.12. The van der Waals surface area contributed by atoms with Crippen molar-refractivity contribution in [1.29, 1.82) is 0 Å². The molecule has 4 rings (SSSR count). The molecule has 2 aromatic carbocycles. The zero-order valence-corrected chi connectivity index (χ0v) is 15.7. The Bertz CT molecular complexity index is 1030. The number of carbonyl (C=O) groups excluding carboxylic acids is 1. The van der Waals surface area contributed by atoms with E-state index in [1.807, 2.05) is 6.07 Å². The van der Waals surface area contributed by atoms with Gasteiger partial charge < -0.3 is 15.6 Å². The number of nitrogens with one attached hydrogen (secondary N) is 1. The summed E-state index contributed by atoms with van der Waals surface area (Å²) in [7, 11) is 0. The average Bonchev–Trinajstić information content (AvgIpc) is 3.32. The maximum absolute atomic E-state index is 12.7. The molecule has 0 aliphatic carbocycles. The number of hydrogen-bond acceptors (Lipinski definition) is 3. The van der Waals surface area contributed by atoms with Crippen LogP contribution < -0.4 is 5.73 Å². The number of imidazole rings is 1. The Labute approximate surface area is 165 Å². The molecule has 0 radical (unpaired) electrons. The number of halogens is 3. The van der Waals surface area contributed by atoms with Crippen LogP contribution in [0.3, 0.4) is 0 Å². The van der Waals surface area contributed by atoms with E-state index >= 15 is 0 Å². The van der Waals surface area contributed by atoms with Gasteiger partial charge in [-0.25, -0.2) is 4.98 Å². The van der Waals surface area contributed by atoms with E-state index < -0.39 is 17.6 Å². The number of benzene rings is 2. The molecule has 29 heavy (non-hydrogen) atoms. The summed E-state index contributed by atoms with van der Waals surface area (Å²) in [6.45, 7) is 2.48. The number of rotatable bonds is 5. The molecule has 1 fully saturated rings. The van der Waals surface area contributed by atoms with E-state index in [0.717, 1.165) is 55.1 Å². The zero-order valence-electron chi connectivity index (χ0n) is 15.7. The van der Waals surface area contributed by atoms with Crippen molar-refractivity contribution in [3.05, 3.63) is 65.0 Å². The van der Waals surface area contributed by atoms with Crippen molar-refractivity contribution < 1.29 is 18.0 Å². The molecule has 152 valence electrons. The number of hydrogen-bond donors (Lipinski definition) is 2. The predicted octanol–water partition coefficient (Wildman–Crippen LogP) is 3.71. The molecular formula is C21H21F3N4O. The molecule has 2 heterocycles. The Morgan fingerprint density at radius 2 is 1.97 bits per heavy atom. The molecule has 1 aromatic heterocycles. The third-order valence-corrected chi connectivity index (χ3v) is 5.45. The maximum atomic E-state index is 12.7. The lowest BCUT2D eigenvalue weighted by atomic mass is 10.1. The molecule has 8 heteroatoms. The number of nitrogens with zero attached hydrogens (tertiary/aromatic N) is 2. The number of likely N-dealkylation sites (tertiary alicyclic amines) is 1. The lowest BCUT2D eigenvalue weighted by Crippen LogP contribution is -2.23. The number of amides is 1. The van der Waals surface area contributed by atoms with E-state index in [0.29, 0.717) is 17.5 Å². The quantitative estimate of drug-likeness (QED) is 0.683. The van der Waals surface area contributed by atoms with Crippen molar-refractivity contribution in [2.24, 2.45) is 5.73 Å². The Hall–Kier alpha value is -2.87. The summed E-state index contributed by atoms with van der Waals surface area (Å²) in [5.41, 5.74) is 7.48. The summed E-state index contributed by atoms with van der Waals surface area (Å²) in [5.74, 6) is 0.555. The number of carbonyl (C=O) groups is 1. The summed E-state index contributed by atoms with van der Waals surface area (Å²) in [6, 6.07) is 10.7. The molecule has 0 spiro atoms.